The number of carbonyl (C=O) groups is 1. The van der Waals surface area contributed by atoms with Crippen molar-refractivity contribution in [2.45, 2.75) is 65.2 Å². The van der Waals surface area contributed by atoms with E-state index in [-0.39, 0.29) is 11.8 Å². The van der Waals surface area contributed by atoms with E-state index < -0.39 is 0 Å². The van der Waals surface area contributed by atoms with Crippen molar-refractivity contribution < 1.29 is 4.79 Å². The molecule has 1 aliphatic carbocycles. The summed E-state index contributed by atoms with van der Waals surface area (Å²) >= 11 is 0. The van der Waals surface area contributed by atoms with Gasteiger partial charge in [0.2, 0.25) is 0 Å². The van der Waals surface area contributed by atoms with Crippen molar-refractivity contribution in [1.29, 1.82) is 0 Å². The zero-order chi connectivity index (χ0) is 13.2. The van der Waals surface area contributed by atoms with Crippen molar-refractivity contribution in [2.24, 2.45) is 11.8 Å². The predicted octanol–water partition coefficient (Wildman–Crippen LogP) is 5.07. The number of rotatable bonds is 3. The quantitative estimate of drug-likeness (QED) is 0.637. The molecule has 2 unspecified atom stereocenters. The Bertz CT molecular complexity index is 288. The van der Waals surface area contributed by atoms with E-state index in [0.29, 0.717) is 5.78 Å². The summed E-state index contributed by atoms with van der Waals surface area (Å²) in [5.41, 5.74) is 0. The van der Waals surface area contributed by atoms with Crippen LogP contribution >= 0.6 is 0 Å². The normalized spacial score (nSPS) is 24.0. The summed E-state index contributed by atoms with van der Waals surface area (Å²) < 4.78 is 0. The average molecular weight is 248 g/mol. The molecular weight excluding hydrogens is 220 g/mol. The van der Waals surface area contributed by atoms with Crippen molar-refractivity contribution in [1.82, 2.24) is 0 Å². The van der Waals surface area contributed by atoms with Crippen LogP contribution in [0, 0.1) is 11.8 Å². The van der Waals surface area contributed by atoms with Crippen LogP contribution in [0.4, 0.5) is 0 Å². The van der Waals surface area contributed by atoms with Gasteiger partial charge in [0.25, 0.3) is 0 Å². The van der Waals surface area contributed by atoms with Crippen molar-refractivity contribution in [3.63, 3.8) is 0 Å². The van der Waals surface area contributed by atoms with Gasteiger partial charge in [-0.25, -0.2) is 0 Å². The van der Waals surface area contributed by atoms with E-state index in [2.05, 4.69) is 38.2 Å². The van der Waals surface area contributed by atoms with Gasteiger partial charge in [-0.3, -0.25) is 4.79 Å². The summed E-state index contributed by atoms with van der Waals surface area (Å²) in [5, 5.41) is 0. The van der Waals surface area contributed by atoms with Crippen molar-refractivity contribution >= 4 is 5.78 Å². The van der Waals surface area contributed by atoms with Gasteiger partial charge in [0.15, 0.2) is 0 Å². The minimum absolute atomic E-state index is 0.238. The second-order valence-electron chi connectivity index (χ2n) is 5.44. The SMILES string of the molecule is CCC(C)C(=O)C1CCC=CCCC=CCCC1. The number of carbonyl (C=O) groups excluding carboxylic acids is 1. The lowest BCUT2D eigenvalue weighted by Gasteiger charge is -2.18. The molecule has 0 aliphatic heterocycles. The first-order valence-electron chi connectivity index (χ1n) is 7.59. The molecule has 0 amide bonds. The van der Waals surface area contributed by atoms with Crippen molar-refractivity contribution in [3.05, 3.63) is 24.3 Å². The molecule has 0 radical (unpaired) electrons. The van der Waals surface area contributed by atoms with E-state index in [9.17, 15) is 4.79 Å². The number of hydrogen-bond acceptors (Lipinski definition) is 1. The average Bonchev–Trinajstić information content (AvgIpc) is 2.37. The Morgan fingerprint density at radius 2 is 1.67 bits per heavy atom. The van der Waals surface area contributed by atoms with Crippen LogP contribution in [0.1, 0.15) is 65.2 Å². The molecule has 2 atom stereocenters. The van der Waals surface area contributed by atoms with Gasteiger partial charge in [-0.1, -0.05) is 38.2 Å². The van der Waals surface area contributed by atoms with E-state index >= 15 is 0 Å². The lowest BCUT2D eigenvalue weighted by molar-refractivity contribution is -0.126. The van der Waals surface area contributed by atoms with Gasteiger partial charge in [0.1, 0.15) is 5.78 Å². The maximum Gasteiger partial charge on any atom is 0.138 e. The molecule has 0 saturated heterocycles. The summed E-state index contributed by atoms with van der Waals surface area (Å²) in [6, 6.07) is 0. The van der Waals surface area contributed by atoms with Gasteiger partial charge in [-0.15, -0.1) is 0 Å². The van der Waals surface area contributed by atoms with Crippen LogP contribution < -0.4 is 0 Å². The van der Waals surface area contributed by atoms with Crippen LogP contribution in [-0.2, 0) is 4.79 Å². The fourth-order valence-corrected chi connectivity index (χ4v) is 2.48. The topological polar surface area (TPSA) is 17.1 Å². The molecule has 0 N–H and O–H groups in total. The number of Topliss-reactive ketones (excluding diaryl/α,β-unsaturated/α-hetero) is 1. The molecule has 0 bridgehead atoms. The maximum absolute atomic E-state index is 12.3. The van der Waals surface area contributed by atoms with Crippen LogP contribution in [0.5, 0.6) is 0 Å². The Morgan fingerprint density at radius 1 is 1.06 bits per heavy atom. The van der Waals surface area contributed by atoms with Crippen LogP contribution in [-0.4, -0.2) is 5.78 Å². The third-order valence-corrected chi connectivity index (χ3v) is 3.94. The van der Waals surface area contributed by atoms with E-state index in [1.165, 1.54) is 0 Å². The fourth-order valence-electron chi connectivity index (χ4n) is 2.48. The van der Waals surface area contributed by atoms with Crippen LogP contribution in [0.2, 0.25) is 0 Å². The largest absolute Gasteiger partial charge is 0.299 e. The van der Waals surface area contributed by atoms with Crippen molar-refractivity contribution in [2.75, 3.05) is 0 Å². The molecule has 1 heteroatoms. The summed E-state index contributed by atoms with van der Waals surface area (Å²) in [5.74, 6) is 1.02. The Hall–Kier alpha value is -0.850. The molecule has 1 rings (SSSR count). The smallest absolute Gasteiger partial charge is 0.138 e. The molecule has 102 valence electrons. The monoisotopic (exact) mass is 248 g/mol. The van der Waals surface area contributed by atoms with Gasteiger partial charge in [0, 0.05) is 11.8 Å². The first-order valence-corrected chi connectivity index (χ1v) is 7.59. The summed E-state index contributed by atoms with van der Waals surface area (Å²) in [6.45, 7) is 4.19. The van der Waals surface area contributed by atoms with Gasteiger partial charge in [-0.05, 0) is 51.4 Å². The van der Waals surface area contributed by atoms with E-state index in [0.717, 1.165) is 51.4 Å². The van der Waals surface area contributed by atoms with Gasteiger partial charge in [0.05, 0.1) is 0 Å². The Kier molecular flexibility index (Phi) is 7.71. The highest BCUT2D eigenvalue weighted by molar-refractivity contribution is 5.83. The third kappa shape index (κ3) is 5.66. The van der Waals surface area contributed by atoms with Gasteiger partial charge < -0.3 is 0 Å². The highest BCUT2D eigenvalue weighted by atomic mass is 16.1. The summed E-state index contributed by atoms with van der Waals surface area (Å²) in [4.78, 5) is 12.3. The van der Waals surface area contributed by atoms with Crippen LogP contribution in [0.3, 0.4) is 0 Å². The van der Waals surface area contributed by atoms with Crippen LogP contribution in [0.15, 0.2) is 24.3 Å². The lowest BCUT2D eigenvalue weighted by Crippen LogP contribution is -2.21. The molecule has 0 saturated carbocycles. The number of hydrogen-bond donors (Lipinski definition) is 0. The minimum atomic E-state index is 0.238. The standard InChI is InChI=1S/C17H28O/c1-3-15(2)17(18)16-13-11-9-7-5-4-6-8-10-12-14-16/h5,7-8,10,15-16H,3-4,6,9,11-14H2,1-2H3. The van der Waals surface area contributed by atoms with E-state index in [1.807, 2.05) is 0 Å². The summed E-state index contributed by atoms with van der Waals surface area (Å²) in [6.07, 6.45) is 17.8. The second-order valence-corrected chi connectivity index (χ2v) is 5.44. The zero-order valence-corrected chi connectivity index (χ0v) is 12.0. The maximum atomic E-state index is 12.3. The second kappa shape index (κ2) is 9.13. The molecule has 0 aromatic rings. The van der Waals surface area contributed by atoms with Crippen molar-refractivity contribution in [3.8, 4) is 0 Å². The van der Waals surface area contributed by atoms with E-state index in [1.54, 1.807) is 0 Å². The number of ketones is 1. The molecule has 1 nitrogen and oxygen atoms in total. The predicted molar refractivity (Wildman–Crippen MR) is 78.6 cm³/mol. The number of allylic oxidation sites excluding steroid dienone is 4. The minimum Gasteiger partial charge on any atom is -0.299 e. The molecular formula is C17H28O. The Labute approximate surface area is 112 Å². The molecule has 0 aromatic heterocycles. The zero-order valence-electron chi connectivity index (χ0n) is 12.0. The molecule has 0 fully saturated rings. The Morgan fingerprint density at radius 3 is 2.33 bits per heavy atom. The van der Waals surface area contributed by atoms with Gasteiger partial charge in [-0.2, -0.15) is 0 Å². The van der Waals surface area contributed by atoms with Gasteiger partial charge >= 0.3 is 0 Å². The molecule has 1 aliphatic rings. The third-order valence-electron chi connectivity index (χ3n) is 3.94. The first-order chi connectivity index (χ1) is 8.75. The van der Waals surface area contributed by atoms with Crippen LogP contribution in [0.25, 0.3) is 0 Å². The lowest BCUT2D eigenvalue weighted by atomic mass is 9.85. The molecule has 18 heavy (non-hydrogen) atoms. The Balaban J connectivity index is 2.55. The molecule has 0 heterocycles. The molecule has 0 spiro atoms. The summed E-state index contributed by atoms with van der Waals surface area (Å²) in [7, 11) is 0. The fraction of sp³-hybridized carbons (Fsp3) is 0.706. The molecule has 0 aromatic carbocycles. The first kappa shape index (κ1) is 15.2. The highest BCUT2D eigenvalue weighted by Crippen LogP contribution is 2.22. The highest BCUT2D eigenvalue weighted by Gasteiger charge is 2.21. The van der Waals surface area contributed by atoms with E-state index in [4.69, 9.17) is 0 Å².